The molecule has 0 fully saturated rings. The lowest BCUT2D eigenvalue weighted by atomic mass is 9.91. The van der Waals surface area contributed by atoms with Crippen molar-refractivity contribution in [3.05, 3.63) is 0 Å². The van der Waals surface area contributed by atoms with Gasteiger partial charge in [-0.1, -0.05) is 6.92 Å². The van der Waals surface area contributed by atoms with Crippen LogP contribution < -0.4 is 0 Å². The van der Waals surface area contributed by atoms with Crippen LogP contribution >= 0.6 is 0 Å². The number of hydrogen-bond donors (Lipinski definition) is 0. The zero-order valence-corrected chi connectivity index (χ0v) is 13.8. The van der Waals surface area contributed by atoms with Gasteiger partial charge in [0, 0.05) is 0 Å². The van der Waals surface area contributed by atoms with Gasteiger partial charge >= 0.3 is 30.0 Å². The third-order valence-electron chi connectivity index (χ3n) is 3.47. The maximum atomic E-state index is 12.9. The molecule has 0 bridgehead atoms. The molecule has 0 aliphatic rings. The fraction of sp³-hybridized carbons (Fsp3) is 0.857. The summed E-state index contributed by atoms with van der Waals surface area (Å²) in [6, 6.07) is 0. The smallest absolute Gasteiger partial charge is 0.459 e. The largest absolute Gasteiger partial charge is 0.465 e. The molecule has 0 aromatic carbocycles. The Bertz CT molecular complexity index is 472. The molecule has 0 atom stereocenters. The van der Waals surface area contributed by atoms with Crippen molar-refractivity contribution in [3.8, 4) is 0 Å². The Morgan fingerprint density at radius 2 is 1.40 bits per heavy atom. The van der Waals surface area contributed by atoms with Crippen molar-refractivity contribution in [1.82, 2.24) is 0 Å². The van der Waals surface area contributed by atoms with Gasteiger partial charge in [0.25, 0.3) is 0 Å². The van der Waals surface area contributed by atoms with Crippen molar-refractivity contribution in [1.29, 1.82) is 0 Å². The van der Waals surface area contributed by atoms with E-state index in [1.54, 1.807) is 20.8 Å². The van der Waals surface area contributed by atoms with E-state index in [0.29, 0.717) is 6.42 Å². The fourth-order valence-electron chi connectivity index (χ4n) is 1.30. The normalized spacial score (nSPS) is 13.5. The molecule has 0 saturated heterocycles. The van der Waals surface area contributed by atoms with Crippen LogP contribution in [0.25, 0.3) is 0 Å². The Balaban J connectivity index is 4.31. The van der Waals surface area contributed by atoms with Crippen LogP contribution in [0.3, 0.4) is 0 Å². The predicted octanol–water partition coefficient (Wildman–Crippen LogP) is 4.12. The lowest BCUT2D eigenvalue weighted by Crippen LogP contribution is -2.52. The molecule has 0 rings (SSSR count). The maximum Gasteiger partial charge on any atom is 0.459 e. The first kappa shape index (κ1) is 23.4. The van der Waals surface area contributed by atoms with E-state index in [4.69, 9.17) is 4.74 Å². The second-order valence-corrected chi connectivity index (χ2v) is 5.87. The van der Waals surface area contributed by atoms with Gasteiger partial charge in [0.1, 0.15) is 6.61 Å². The summed E-state index contributed by atoms with van der Waals surface area (Å²) in [6.07, 6.45) is -8.53. The van der Waals surface area contributed by atoms with Gasteiger partial charge in [-0.05, 0) is 20.3 Å². The molecule has 25 heavy (non-hydrogen) atoms. The van der Waals surface area contributed by atoms with Gasteiger partial charge in [-0.15, -0.1) is 0 Å². The Morgan fingerprint density at radius 3 is 1.84 bits per heavy atom. The number of rotatable bonds is 9. The first-order valence-corrected chi connectivity index (χ1v) is 7.23. The lowest BCUT2D eigenvalue weighted by molar-refractivity contribution is -0.356. The second-order valence-electron chi connectivity index (χ2n) is 5.87. The summed E-state index contributed by atoms with van der Waals surface area (Å²) in [5.41, 5.74) is -0.796. The van der Waals surface area contributed by atoms with Gasteiger partial charge in [-0.25, -0.2) is 0 Å². The summed E-state index contributed by atoms with van der Waals surface area (Å²) in [5, 5.41) is 0. The molecule has 0 amide bonds. The Hall–Kier alpha value is -1.55. The minimum Gasteiger partial charge on any atom is -0.465 e. The number of hydrogen-bond acceptors (Lipinski definition) is 4. The number of esters is 2. The summed E-state index contributed by atoms with van der Waals surface area (Å²) in [5.74, 6) is -13.5. The van der Waals surface area contributed by atoms with E-state index in [1.807, 2.05) is 0 Å². The molecule has 0 N–H and O–H groups in total. The van der Waals surface area contributed by atoms with E-state index in [9.17, 15) is 40.3 Å². The highest BCUT2D eigenvalue weighted by atomic mass is 19.4. The van der Waals surface area contributed by atoms with Gasteiger partial charge in [-0.2, -0.15) is 30.7 Å². The summed E-state index contributed by atoms with van der Waals surface area (Å²) in [7, 11) is 0. The molecule has 0 spiro atoms. The molecule has 148 valence electrons. The minimum atomic E-state index is -6.43. The predicted molar refractivity (Wildman–Crippen MR) is 71.2 cm³/mol. The molecule has 0 radical (unpaired) electrons. The zero-order valence-electron chi connectivity index (χ0n) is 13.8. The van der Waals surface area contributed by atoms with Gasteiger partial charge in [0.2, 0.25) is 0 Å². The Labute approximate surface area is 139 Å². The topological polar surface area (TPSA) is 52.6 Å². The molecule has 0 aliphatic carbocycles. The van der Waals surface area contributed by atoms with Gasteiger partial charge in [0.05, 0.1) is 24.9 Å². The van der Waals surface area contributed by atoms with E-state index in [1.165, 1.54) is 0 Å². The number of halogens is 7. The summed E-state index contributed by atoms with van der Waals surface area (Å²) in [4.78, 5) is 22.8. The molecule has 0 unspecified atom stereocenters. The van der Waals surface area contributed by atoms with E-state index in [-0.39, 0.29) is 0 Å². The van der Waals surface area contributed by atoms with Gasteiger partial charge in [-0.3, -0.25) is 9.59 Å². The average Bonchev–Trinajstić information content (AvgIpc) is 2.45. The van der Waals surface area contributed by atoms with Crippen LogP contribution in [0.2, 0.25) is 0 Å². The maximum absolute atomic E-state index is 12.9. The van der Waals surface area contributed by atoms with E-state index < -0.39 is 61.4 Å². The van der Waals surface area contributed by atoms with Crippen LogP contribution in [0, 0.1) is 5.41 Å². The molecular formula is C14H19F7O4. The van der Waals surface area contributed by atoms with Crippen molar-refractivity contribution in [2.45, 2.75) is 58.1 Å². The van der Waals surface area contributed by atoms with E-state index in [2.05, 4.69) is 4.74 Å². The number of ether oxygens (including phenoxy) is 2. The van der Waals surface area contributed by atoms with Crippen LogP contribution in [-0.4, -0.2) is 43.2 Å². The number of alkyl halides is 7. The van der Waals surface area contributed by atoms with Crippen LogP contribution in [0.15, 0.2) is 0 Å². The highest BCUT2D eigenvalue weighted by molar-refractivity contribution is 5.76. The second kappa shape index (κ2) is 8.22. The quantitative estimate of drug-likeness (QED) is 0.443. The summed E-state index contributed by atoms with van der Waals surface area (Å²) < 4.78 is 95.7. The minimum absolute atomic E-state index is 0.434. The summed E-state index contributed by atoms with van der Waals surface area (Å²) >= 11 is 0. The zero-order chi connectivity index (χ0) is 20.1. The monoisotopic (exact) mass is 384 g/mol. The molecule has 0 aliphatic heterocycles. The molecule has 0 heterocycles. The molecule has 0 aromatic heterocycles. The third-order valence-corrected chi connectivity index (χ3v) is 3.47. The highest BCUT2D eigenvalue weighted by Gasteiger charge is 2.72. The molecular weight excluding hydrogens is 365 g/mol. The van der Waals surface area contributed by atoms with E-state index in [0.717, 1.165) is 0 Å². The van der Waals surface area contributed by atoms with Gasteiger partial charge in [0.15, 0.2) is 0 Å². The van der Waals surface area contributed by atoms with Crippen molar-refractivity contribution >= 4 is 11.9 Å². The van der Waals surface area contributed by atoms with E-state index >= 15 is 0 Å². The SMILES string of the molecule is CCC(C)(C)C(=O)OCCC(=O)OCCC(F)(F)C(F)(F)C(F)(F)F. The third kappa shape index (κ3) is 6.35. The standard InChI is InChI=1S/C14H19F7O4/c1-4-11(2,3)10(23)25-7-5-9(22)24-8-6-12(15,16)13(17,18)14(19,20)21/h4-8H2,1-3H3. The first-order chi connectivity index (χ1) is 11.1. The first-order valence-electron chi connectivity index (χ1n) is 7.23. The van der Waals surface area contributed by atoms with Crippen LogP contribution in [0.1, 0.15) is 40.0 Å². The van der Waals surface area contributed by atoms with Crippen molar-refractivity contribution < 1.29 is 49.8 Å². The molecule has 0 saturated carbocycles. The van der Waals surface area contributed by atoms with Crippen molar-refractivity contribution in [2.24, 2.45) is 5.41 Å². The summed E-state index contributed by atoms with van der Waals surface area (Å²) in [6.45, 7) is 3.14. The fourth-order valence-corrected chi connectivity index (χ4v) is 1.30. The van der Waals surface area contributed by atoms with Crippen molar-refractivity contribution in [2.75, 3.05) is 13.2 Å². The molecule has 0 aromatic rings. The molecule has 11 heteroatoms. The van der Waals surface area contributed by atoms with Gasteiger partial charge < -0.3 is 9.47 Å². The number of carbonyl (C=O) groups is 2. The van der Waals surface area contributed by atoms with Crippen LogP contribution in [-0.2, 0) is 19.1 Å². The highest BCUT2D eigenvalue weighted by Crippen LogP contribution is 2.47. The van der Waals surface area contributed by atoms with Crippen molar-refractivity contribution in [3.63, 3.8) is 0 Å². The van der Waals surface area contributed by atoms with Crippen LogP contribution in [0.4, 0.5) is 30.7 Å². The Kier molecular flexibility index (Phi) is 7.71. The lowest BCUT2D eigenvalue weighted by Gasteiger charge is -2.27. The average molecular weight is 384 g/mol. The molecule has 4 nitrogen and oxygen atoms in total. The Morgan fingerprint density at radius 1 is 0.880 bits per heavy atom. The number of carbonyl (C=O) groups excluding carboxylic acids is 2. The van der Waals surface area contributed by atoms with Crippen LogP contribution in [0.5, 0.6) is 0 Å².